The van der Waals surface area contributed by atoms with E-state index in [1.54, 1.807) is 6.20 Å². The maximum atomic E-state index is 5.61. The predicted molar refractivity (Wildman–Crippen MR) is 52.4 cm³/mol. The average molecular weight is 176 g/mol. The van der Waals surface area contributed by atoms with Gasteiger partial charge in [-0.2, -0.15) is 0 Å². The van der Waals surface area contributed by atoms with E-state index in [0.29, 0.717) is 5.69 Å². The maximum Gasteiger partial charge on any atom is 0.160 e. The molecule has 0 amide bonds. The van der Waals surface area contributed by atoms with Gasteiger partial charge in [-0.05, 0) is 19.9 Å². The number of hydrogen-bond acceptors (Lipinski definition) is 3. The van der Waals surface area contributed by atoms with Crippen LogP contribution < -0.4 is 5.73 Å². The van der Waals surface area contributed by atoms with Crippen LogP contribution in [-0.2, 0) is 6.54 Å². The molecular formula is C9H12N4. The summed E-state index contributed by atoms with van der Waals surface area (Å²) in [5.41, 5.74) is 8.06. The Balaban J connectivity index is 2.79. The Labute approximate surface area is 76.4 Å². The van der Waals surface area contributed by atoms with Crippen molar-refractivity contribution in [3.05, 3.63) is 18.1 Å². The van der Waals surface area contributed by atoms with Crippen LogP contribution in [0.5, 0.6) is 0 Å². The van der Waals surface area contributed by atoms with E-state index in [2.05, 4.69) is 21.5 Å². The van der Waals surface area contributed by atoms with Gasteiger partial charge < -0.3 is 10.3 Å². The van der Waals surface area contributed by atoms with E-state index in [9.17, 15) is 0 Å². The molecule has 0 aliphatic rings. The fourth-order valence-electron chi connectivity index (χ4n) is 1.52. The smallest absolute Gasteiger partial charge is 0.160 e. The second kappa shape index (κ2) is 2.73. The molecule has 0 bridgehead atoms. The van der Waals surface area contributed by atoms with Crippen molar-refractivity contribution in [3.8, 4) is 0 Å². The molecule has 4 heteroatoms. The number of aryl methyl sites for hydroxylation is 2. The summed E-state index contributed by atoms with van der Waals surface area (Å²) < 4.78 is 2.06. The topological polar surface area (TPSA) is 56.7 Å². The first kappa shape index (κ1) is 8.04. The summed E-state index contributed by atoms with van der Waals surface area (Å²) in [5.74, 6) is 0.982. The summed E-state index contributed by atoms with van der Waals surface area (Å²) in [7, 11) is 0. The van der Waals surface area contributed by atoms with Gasteiger partial charge in [0, 0.05) is 6.54 Å². The Hall–Kier alpha value is -1.58. The van der Waals surface area contributed by atoms with E-state index in [-0.39, 0.29) is 0 Å². The van der Waals surface area contributed by atoms with Crippen molar-refractivity contribution in [2.45, 2.75) is 20.4 Å². The minimum atomic E-state index is 0.660. The highest BCUT2D eigenvalue weighted by Gasteiger charge is 2.06. The highest BCUT2D eigenvalue weighted by Crippen LogP contribution is 2.15. The number of nitrogens with two attached hydrogens (primary N) is 1. The van der Waals surface area contributed by atoms with Gasteiger partial charge in [-0.25, -0.2) is 9.97 Å². The quantitative estimate of drug-likeness (QED) is 0.713. The Kier molecular flexibility index (Phi) is 1.69. The van der Waals surface area contributed by atoms with Crippen molar-refractivity contribution < 1.29 is 0 Å². The first-order chi connectivity index (χ1) is 6.22. The Morgan fingerprint density at radius 2 is 2.31 bits per heavy atom. The maximum absolute atomic E-state index is 5.61. The summed E-state index contributed by atoms with van der Waals surface area (Å²) in [6, 6.07) is 1.85. The standard InChI is InChI=1S/C9H12N4/c1-3-13-6(2)12-8-4-7(10)5-11-9(8)13/h4-5H,3,10H2,1-2H3. The molecule has 13 heavy (non-hydrogen) atoms. The highest BCUT2D eigenvalue weighted by molar-refractivity contribution is 5.74. The monoisotopic (exact) mass is 176 g/mol. The lowest BCUT2D eigenvalue weighted by atomic mass is 10.4. The van der Waals surface area contributed by atoms with Crippen LogP contribution in [0, 0.1) is 6.92 Å². The zero-order chi connectivity index (χ0) is 9.42. The minimum absolute atomic E-state index is 0.660. The van der Waals surface area contributed by atoms with Crippen molar-refractivity contribution in [1.82, 2.24) is 14.5 Å². The lowest BCUT2D eigenvalue weighted by Crippen LogP contribution is -1.97. The SMILES string of the molecule is CCn1c(C)nc2cc(N)cnc21. The van der Waals surface area contributed by atoms with Gasteiger partial charge in [-0.1, -0.05) is 0 Å². The number of anilines is 1. The molecule has 2 aromatic rings. The molecule has 0 aromatic carbocycles. The molecule has 2 aromatic heterocycles. The number of hydrogen-bond donors (Lipinski definition) is 1. The molecule has 68 valence electrons. The van der Waals surface area contributed by atoms with Crippen molar-refractivity contribution in [2.24, 2.45) is 0 Å². The summed E-state index contributed by atoms with van der Waals surface area (Å²) >= 11 is 0. The van der Waals surface area contributed by atoms with Crippen LogP contribution in [0.3, 0.4) is 0 Å². The van der Waals surface area contributed by atoms with Crippen LogP contribution in [0.15, 0.2) is 12.3 Å². The van der Waals surface area contributed by atoms with Crippen LogP contribution in [0.25, 0.3) is 11.2 Å². The van der Waals surface area contributed by atoms with Crippen LogP contribution in [0.1, 0.15) is 12.7 Å². The second-order valence-corrected chi connectivity index (χ2v) is 3.01. The summed E-state index contributed by atoms with van der Waals surface area (Å²) in [5, 5.41) is 0. The number of pyridine rings is 1. The van der Waals surface area contributed by atoms with E-state index in [1.165, 1.54) is 0 Å². The minimum Gasteiger partial charge on any atom is -0.397 e. The van der Waals surface area contributed by atoms with E-state index < -0.39 is 0 Å². The van der Waals surface area contributed by atoms with Gasteiger partial charge in [-0.15, -0.1) is 0 Å². The van der Waals surface area contributed by atoms with Crippen LogP contribution in [-0.4, -0.2) is 14.5 Å². The molecule has 2 heterocycles. The number of imidazole rings is 1. The van der Waals surface area contributed by atoms with Crippen molar-refractivity contribution >= 4 is 16.9 Å². The lowest BCUT2D eigenvalue weighted by molar-refractivity contribution is 0.746. The largest absolute Gasteiger partial charge is 0.397 e. The van der Waals surface area contributed by atoms with Crippen molar-refractivity contribution in [3.63, 3.8) is 0 Å². The first-order valence-electron chi connectivity index (χ1n) is 4.30. The molecule has 2 rings (SSSR count). The third-order valence-electron chi connectivity index (χ3n) is 2.11. The van der Waals surface area contributed by atoms with E-state index in [0.717, 1.165) is 23.5 Å². The van der Waals surface area contributed by atoms with Gasteiger partial charge in [0.2, 0.25) is 0 Å². The molecule has 0 aliphatic carbocycles. The molecule has 0 aliphatic heterocycles. The zero-order valence-corrected chi connectivity index (χ0v) is 7.78. The van der Waals surface area contributed by atoms with Crippen molar-refractivity contribution in [1.29, 1.82) is 0 Å². The Morgan fingerprint density at radius 1 is 1.54 bits per heavy atom. The van der Waals surface area contributed by atoms with Gasteiger partial charge in [0.15, 0.2) is 5.65 Å². The normalized spacial score (nSPS) is 10.9. The molecule has 0 saturated heterocycles. The summed E-state index contributed by atoms with van der Waals surface area (Å²) in [6.07, 6.45) is 1.66. The van der Waals surface area contributed by atoms with E-state index in [4.69, 9.17) is 5.73 Å². The van der Waals surface area contributed by atoms with E-state index in [1.807, 2.05) is 13.0 Å². The molecule has 0 saturated carbocycles. The Morgan fingerprint density at radius 3 is 3.00 bits per heavy atom. The van der Waals surface area contributed by atoms with E-state index >= 15 is 0 Å². The summed E-state index contributed by atoms with van der Waals surface area (Å²) in [4.78, 5) is 8.61. The van der Waals surface area contributed by atoms with Gasteiger partial charge in [0.25, 0.3) is 0 Å². The van der Waals surface area contributed by atoms with Gasteiger partial charge in [0.05, 0.1) is 11.9 Å². The molecule has 0 fully saturated rings. The molecule has 4 nitrogen and oxygen atoms in total. The molecule has 2 N–H and O–H groups in total. The third kappa shape index (κ3) is 1.14. The second-order valence-electron chi connectivity index (χ2n) is 3.01. The number of fused-ring (bicyclic) bond motifs is 1. The fourth-order valence-corrected chi connectivity index (χ4v) is 1.52. The Bertz CT molecular complexity index is 444. The van der Waals surface area contributed by atoms with Crippen LogP contribution in [0.4, 0.5) is 5.69 Å². The number of rotatable bonds is 1. The van der Waals surface area contributed by atoms with Gasteiger partial charge in [0.1, 0.15) is 11.3 Å². The average Bonchev–Trinajstić information content (AvgIpc) is 2.39. The molecule has 0 radical (unpaired) electrons. The van der Waals surface area contributed by atoms with Gasteiger partial charge >= 0.3 is 0 Å². The zero-order valence-electron chi connectivity index (χ0n) is 7.78. The first-order valence-corrected chi connectivity index (χ1v) is 4.30. The number of nitrogen functional groups attached to an aromatic ring is 1. The molecule has 0 unspecified atom stereocenters. The molecule has 0 atom stereocenters. The van der Waals surface area contributed by atoms with Crippen molar-refractivity contribution in [2.75, 3.05) is 5.73 Å². The van der Waals surface area contributed by atoms with Crippen LogP contribution in [0.2, 0.25) is 0 Å². The number of nitrogens with zero attached hydrogens (tertiary/aromatic N) is 3. The fraction of sp³-hybridized carbons (Fsp3) is 0.333. The molecule has 0 spiro atoms. The third-order valence-corrected chi connectivity index (χ3v) is 2.11. The van der Waals surface area contributed by atoms with Gasteiger partial charge in [-0.3, -0.25) is 0 Å². The van der Waals surface area contributed by atoms with Crippen LogP contribution >= 0.6 is 0 Å². The highest BCUT2D eigenvalue weighted by atomic mass is 15.1. The summed E-state index contributed by atoms with van der Waals surface area (Å²) in [6.45, 7) is 4.94. The predicted octanol–water partition coefficient (Wildman–Crippen LogP) is 1.34. The lowest BCUT2D eigenvalue weighted by Gasteiger charge is -1.99. The number of aromatic nitrogens is 3. The molecular weight excluding hydrogens is 164 g/mol.